The van der Waals surface area contributed by atoms with Gasteiger partial charge in [-0.3, -0.25) is 9.59 Å². The Labute approximate surface area is 346 Å². The normalized spacial score (nSPS) is 11.6. The summed E-state index contributed by atoms with van der Waals surface area (Å²) in [7, 11) is 0. The van der Waals surface area contributed by atoms with Gasteiger partial charge >= 0.3 is 0 Å². The largest absolute Gasteiger partial charge is 0.507 e. The molecule has 1 unspecified atom stereocenters. The summed E-state index contributed by atoms with van der Waals surface area (Å²) in [5.74, 6) is 3.31. The van der Waals surface area contributed by atoms with Gasteiger partial charge in [-0.15, -0.1) is 11.8 Å². The summed E-state index contributed by atoms with van der Waals surface area (Å²) in [4.78, 5) is 24.7. The third-order valence-corrected chi connectivity index (χ3v) is 13.0. The number of amides is 2. The van der Waals surface area contributed by atoms with E-state index in [0.29, 0.717) is 17.3 Å². The summed E-state index contributed by atoms with van der Waals surface area (Å²) < 4.78 is 0. The molecule has 6 nitrogen and oxygen atoms in total. The van der Waals surface area contributed by atoms with Gasteiger partial charge in [0.05, 0.1) is 11.0 Å². The van der Waals surface area contributed by atoms with Gasteiger partial charge in [-0.2, -0.15) is 11.8 Å². The lowest BCUT2D eigenvalue weighted by molar-refractivity contribution is -0.115. The minimum absolute atomic E-state index is 0.0414. The second kappa shape index (κ2) is 30.8. The first-order valence-corrected chi connectivity index (χ1v) is 23.9. The lowest BCUT2D eigenvalue weighted by Gasteiger charge is -2.16. The van der Waals surface area contributed by atoms with Crippen molar-refractivity contribution in [3.63, 3.8) is 0 Å². The zero-order valence-electron chi connectivity index (χ0n) is 36.5. The Morgan fingerprint density at radius 1 is 0.545 bits per heavy atom. The number of carbonyl (C=O) groups is 2. The minimum atomic E-state index is -0.0626. The number of anilines is 2. The number of aryl methyl sites for hydroxylation is 2. The average molecular weight is 801 g/mol. The maximum absolute atomic E-state index is 12.5. The molecule has 0 radical (unpaired) electrons. The van der Waals surface area contributed by atoms with Crippen LogP contribution in [0.15, 0.2) is 12.1 Å². The molecule has 55 heavy (non-hydrogen) atoms. The smallest absolute Gasteiger partial charge is 0.237 e. The number of thioether (sulfide) groups is 2. The third-order valence-electron chi connectivity index (χ3n) is 10.8. The fourth-order valence-corrected chi connectivity index (χ4v) is 8.34. The molecule has 0 saturated heterocycles. The predicted molar refractivity (Wildman–Crippen MR) is 245 cm³/mol. The second-order valence-electron chi connectivity index (χ2n) is 15.6. The van der Waals surface area contributed by atoms with Crippen LogP contribution in [0.25, 0.3) is 0 Å². The molecule has 0 aliphatic rings. The van der Waals surface area contributed by atoms with Crippen molar-refractivity contribution in [2.75, 3.05) is 27.9 Å². The molecule has 0 bridgehead atoms. The number of unbranched alkanes of at least 4 members (excludes halogenated alkanes) is 18. The lowest BCUT2D eigenvalue weighted by Crippen LogP contribution is -2.23. The molecule has 0 saturated carbocycles. The second-order valence-corrected chi connectivity index (χ2v) is 18.2. The number of hydrogen-bond donors (Lipinski definition) is 4. The van der Waals surface area contributed by atoms with E-state index >= 15 is 0 Å². The minimum Gasteiger partial charge on any atom is -0.507 e. The van der Waals surface area contributed by atoms with Crippen LogP contribution in [0.1, 0.15) is 183 Å². The topological polar surface area (TPSA) is 98.7 Å². The number of phenolic OH excluding ortho intramolecular Hbond substituents is 2. The van der Waals surface area contributed by atoms with Crippen molar-refractivity contribution in [3.8, 4) is 11.5 Å². The molecule has 0 fully saturated rings. The Kier molecular flexibility index (Phi) is 28.4. The number of nitrogens with one attached hydrogen (secondary N) is 2. The highest BCUT2D eigenvalue weighted by molar-refractivity contribution is 8.00. The predicted octanol–water partition coefficient (Wildman–Crippen LogP) is 14.2. The van der Waals surface area contributed by atoms with Crippen molar-refractivity contribution in [3.05, 3.63) is 45.5 Å². The molecule has 314 valence electrons. The molecule has 0 spiro atoms. The highest BCUT2D eigenvalue weighted by Crippen LogP contribution is 2.32. The van der Waals surface area contributed by atoms with E-state index in [0.717, 1.165) is 56.3 Å². The molecule has 2 amide bonds. The zero-order chi connectivity index (χ0) is 41.0. The van der Waals surface area contributed by atoms with E-state index in [-0.39, 0.29) is 17.1 Å². The summed E-state index contributed by atoms with van der Waals surface area (Å²) in [5, 5.41) is 25.9. The maximum atomic E-state index is 12.5. The van der Waals surface area contributed by atoms with Crippen LogP contribution in [-0.2, 0) is 9.59 Å². The van der Waals surface area contributed by atoms with Crippen LogP contribution in [0.3, 0.4) is 0 Å². The lowest BCUT2D eigenvalue weighted by atomic mass is 10.0. The molecule has 0 heterocycles. The molecule has 0 aliphatic heterocycles. The van der Waals surface area contributed by atoms with E-state index < -0.39 is 0 Å². The molecular formula is C47H80N2O4S2. The Balaban J connectivity index is 0.000000550. The first-order valence-electron chi connectivity index (χ1n) is 21.7. The Bertz CT molecular complexity index is 1380. The average Bonchev–Trinajstić information content (AvgIpc) is 3.16. The van der Waals surface area contributed by atoms with E-state index in [1.807, 2.05) is 60.6 Å². The van der Waals surface area contributed by atoms with Crippen LogP contribution in [0.2, 0.25) is 0 Å². The number of phenols is 2. The van der Waals surface area contributed by atoms with Crippen LogP contribution in [0.4, 0.5) is 11.4 Å². The van der Waals surface area contributed by atoms with Gasteiger partial charge < -0.3 is 20.8 Å². The van der Waals surface area contributed by atoms with Crippen molar-refractivity contribution in [1.82, 2.24) is 0 Å². The number of rotatable bonds is 28. The standard InChI is InChI=1S/C24H41NO2S.C23H39NO2S/c1-6-7-8-9-10-11-12-13-14-15-16-28-21(5)24(27)25-22-17-18(2)23(26)20(4)19(22)3;1-5-6-7-8-9-10-11-12-13-14-15-27-17-22(25)24-21-16-18(2)23(26)20(4)19(21)3/h17,21,26H,6-16H2,1-5H3,(H,25,27);16,26H,5-15,17H2,1-4H3,(H,24,25). The SMILES string of the molecule is CCCCCCCCCCCCSC(C)C(=O)Nc1cc(C)c(O)c(C)c1C.CCCCCCCCCCCCSCC(=O)Nc1cc(C)c(O)c(C)c1C. The Morgan fingerprint density at radius 2 is 0.909 bits per heavy atom. The van der Waals surface area contributed by atoms with Crippen LogP contribution in [-0.4, -0.2) is 44.5 Å². The molecule has 8 heteroatoms. The quantitative estimate of drug-likeness (QED) is 0.0505. The summed E-state index contributed by atoms with van der Waals surface area (Å²) in [6, 6.07) is 3.71. The molecule has 2 aromatic rings. The summed E-state index contributed by atoms with van der Waals surface area (Å²) in [6.45, 7) is 17.9. The summed E-state index contributed by atoms with van der Waals surface area (Å²) >= 11 is 3.45. The molecule has 4 N–H and O–H groups in total. The summed E-state index contributed by atoms with van der Waals surface area (Å²) in [5.41, 5.74) is 6.76. The van der Waals surface area contributed by atoms with Gasteiger partial charge in [0.25, 0.3) is 0 Å². The fraction of sp³-hybridized carbons (Fsp3) is 0.702. The first-order chi connectivity index (χ1) is 26.3. The molecule has 0 aliphatic carbocycles. The third kappa shape index (κ3) is 21.7. The van der Waals surface area contributed by atoms with E-state index in [9.17, 15) is 19.8 Å². The summed E-state index contributed by atoms with van der Waals surface area (Å²) in [6.07, 6.45) is 26.8. The van der Waals surface area contributed by atoms with Crippen LogP contribution < -0.4 is 10.6 Å². The van der Waals surface area contributed by atoms with Crippen molar-refractivity contribution in [2.24, 2.45) is 0 Å². The van der Waals surface area contributed by atoms with Crippen molar-refractivity contribution in [1.29, 1.82) is 0 Å². The molecule has 2 rings (SSSR count). The highest BCUT2D eigenvalue weighted by Gasteiger charge is 2.17. The van der Waals surface area contributed by atoms with Gasteiger partial charge in [0.15, 0.2) is 0 Å². The Morgan fingerprint density at radius 3 is 1.33 bits per heavy atom. The number of aromatic hydroxyl groups is 2. The van der Waals surface area contributed by atoms with Crippen molar-refractivity contribution in [2.45, 2.75) is 196 Å². The van der Waals surface area contributed by atoms with Crippen molar-refractivity contribution < 1.29 is 19.8 Å². The fourth-order valence-electron chi connectivity index (χ4n) is 6.60. The van der Waals surface area contributed by atoms with Crippen LogP contribution in [0.5, 0.6) is 11.5 Å². The number of carbonyl (C=O) groups excluding carboxylic acids is 2. The van der Waals surface area contributed by atoms with E-state index in [1.54, 1.807) is 23.5 Å². The van der Waals surface area contributed by atoms with Gasteiger partial charge in [0.1, 0.15) is 11.5 Å². The maximum Gasteiger partial charge on any atom is 0.237 e. The van der Waals surface area contributed by atoms with Gasteiger partial charge in [-0.1, -0.05) is 129 Å². The number of benzene rings is 2. The van der Waals surface area contributed by atoms with Gasteiger partial charge in [0, 0.05) is 11.4 Å². The monoisotopic (exact) mass is 801 g/mol. The first kappa shape index (κ1) is 50.7. The van der Waals surface area contributed by atoms with E-state index in [1.165, 1.54) is 128 Å². The Hall–Kier alpha value is -2.32. The van der Waals surface area contributed by atoms with Crippen LogP contribution in [0, 0.1) is 41.5 Å². The van der Waals surface area contributed by atoms with E-state index in [4.69, 9.17) is 0 Å². The molecule has 1 atom stereocenters. The molecule has 0 aromatic heterocycles. The van der Waals surface area contributed by atoms with E-state index in [2.05, 4.69) is 24.5 Å². The van der Waals surface area contributed by atoms with Crippen molar-refractivity contribution >= 4 is 46.7 Å². The van der Waals surface area contributed by atoms with Gasteiger partial charge in [-0.25, -0.2) is 0 Å². The molecule has 2 aromatic carbocycles. The highest BCUT2D eigenvalue weighted by atomic mass is 32.2. The molecular weight excluding hydrogens is 721 g/mol. The van der Waals surface area contributed by atoms with Gasteiger partial charge in [-0.05, 0) is 118 Å². The van der Waals surface area contributed by atoms with Crippen LogP contribution >= 0.6 is 23.5 Å². The number of hydrogen-bond acceptors (Lipinski definition) is 6. The van der Waals surface area contributed by atoms with Gasteiger partial charge in [0.2, 0.25) is 11.8 Å². The zero-order valence-corrected chi connectivity index (χ0v) is 38.2.